The average molecular weight is 389 g/mol. The number of hydrogen-bond donors (Lipinski definition) is 3. The third kappa shape index (κ3) is 6.70. The van der Waals surface area contributed by atoms with E-state index in [1.165, 1.54) is 5.56 Å². The average Bonchev–Trinajstić information content (AvgIpc) is 2.56. The number of anilines is 1. The van der Waals surface area contributed by atoms with Crippen molar-refractivity contribution in [2.75, 3.05) is 25.5 Å². The van der Waals surface area contributed by atoms with E-state index in [2.05, 4.69) is 10.6 Å². The maximum atomic E-state index is 12.3. The Bertz CT molecular complexity index is 813. The Morgan fingerprint density at radius 1 is 1.00 bits per heavy atom. The van der Waals surface area contributed by atoms with Crippen molar-refractivity contribution < 1.29 is 14.5 Å². The molecule has 2 aromatic carbocycles. The molecule has 0 aromatic heterocycles. The molecule has 0 bridgehead atoms. The Morgan fingerprint density at radius 2 is 1.63 bits per heavy atom. The molecule has 0 spiro atoms. The Labute approximate surface area is 165 Å². The van der Waals surface area contributed by atoms with Crippen molar-refractivity contribution in [3.05, 3.63) is 63.7 Å². The van der Waals surface area contributed by atoms with E-state index < -0.39 is 0 Å². The van der Waals surface area contributed by atoms with E-state index in [0.29, 0.717) is 11.6 Å². The molecule has 1 unspecified atom stereocenters. The zero-order valence-electron chi connectivity index (χ0n) is 16.3. The zero-order valence-corrected chi connectivity index (χ0v) is 17.0. The molecule has 0 aliphatic heterocycles. The number of carbonyl (C=O) groups is 2. The third-order valence-electron chi connectivity index (χ3n) is 4.24. The smallest absolute Gasteiger partial charge is 0.279 e. The van der Waals surface area contributed by atoms with Crippen LogP contribution in [0.1, 0.15) is 22.3 Å². The predicted octanol–water partition coefficient (Wildman–Crippen LogP) is 2.03. The number of hydrogen-bond acceptors (Lipinski definition) is 2. The van der Waals surface area contributed by atoms with Gasteiger partial charge in [-0.05, 0) is 49.6 Å². The van der Waals surface area contributed by atoms with Gasteiger partial charge in [0.1, 0.15) is 0 Å². The molecule has 2 rings (SSSR count). The van der Waals surface area contributed by atoms with Gasteiger partial charge in [0.05, 0.1) is 7.05 Å². The van der Waals surface area contributed by atoms with Gasteiger partial charge in [-0.1, -0.05) is 41.4 Å². The predicted molar refractivity (Wildman–Crippen MR) is 109 cm³/mol. The van der Waals surface area contributed by atoms with Crippen LogP contribution in [0.15, 0.2) is 36.4 Å². The number of likely N-dealkylation sites (N-methyl/N-ethyl adjacent to an activating group) is 1. The van der Waals surface area contributed by atoms with E-state index >= 15 is 0 Å². The minimum Gasteiger partial charge on any atom is -0.347 e. The van der Waals surface area contributed by atoms with Crippen LogP contribution in [-0.2, 0) is 16.1 Å². The van der Waals surface area contributed by atoms with Crippen molar-refractivity contribution in [2.24, 2.45) is 0 Å². The maximum Gasteiger partial charge on any atom is 0.279 e. The van der Waals surface area contributed by atoms with E-state index in [9.17, 15) is 9.59 Å². The molecule has 0 aliphatic carbocycles. The molecule has 0 aliphatic rings. The lowest BCUT2D eigenvalue weighted by Crippen LogP contribution is -3.11. The summed E-state index contributed by atoms with van der Waals surface area (Å²) in [7, 11) is 1.83. The van der Waals surface area contributed by atoms with Crippen molar-refractivity contribution in [3.8, 4) is 0 Å². The normalized spacial score (nSPS) is 11.7. The standard InChI is InChI=1S/C21H26ClN3O2/c1-14-8-15(2)21(16(3)9-14)24-20(27)13-25(4)12-19(26)23-11-17-6-5-7-18(22)10-17/h5-10H,11-13H2,1-4H3,(H,23,26)(H,24,27)/p+1. The molecule has 0 saturated carbocycles. The molecule has 0 fully saturated rings. The Morgan fingerprint density at radius 3 is 2.26 bits per heavy atom. The fourth-order valence-electron chi connectivity index (χ4n) is 3.08. The van der Waals surface area contributed by atoms with Crippen LogP contribution in [0.3, 0.4) is 0 Å². The summed E-state index contributed by atoms with van der Waals surface area (Å²) in [4.78, 5) is 25.3. The summed E-state index contributed by atoms with van der Waals surface area (Å²) in [6.07, 6.45) is 0. The van der Waals surface area contributed by atoms with E-state index in [1.807, 2.05) is 58.2 Å². The molecule has 0 saturated heterocycles. The number of aryl methyl sites for hydroxylation is 3. The summed E-state index contributed by atoms with van der Waals surface area (Å²) in [6, 6.07) is 11.5. The van der Waals surface area contributed by atoms with Crippen molar-refractivity contribution in [3.63, 3.8) is 0 Å². The molecular weight excluding hydrogens is 362 g/mol. The van der Waals surface area contributed by atoms with E-state index in [-0.39, 0.29) is 24.9 Å². The van der Waals surface area contributed by atoms with Crippen LogP contribution in [0.2, 0.25) is 5.02 Å². The van der Waals surface area contributed by atoms with Crippen LogP contribution in [0.25, 0.3) is 0 Å². The van der Waals surface area contributed by atoms with Gasteiger partial charge in [-0.3, -0.25) is 9.59 Å². The van der Waals surface area contributed by atoms with Crippen LogP contribution in [0.4, 0.5) is 5.69 Å². The summed E-state index contributed by atoms with van der Waals surface area (Å²) in [5, 5.41) is 6.46. The molecule has 6 heteroatoms. The largest absolute Gasteiger partial charge is 0.347 e. The van der Waals surface area contributed by atoms with Crippen LogP contribution < -0.4 is 15.5 Å². The van der Waals surface area contributed by atoms with Crippen molar-refractivity contribution >= 4 is 29.1 Å². The highest BCUT2D eigenvalue weighted by molar-refractivity contribution is 6.30. The van der Waals surface area contributed by atoms with Gasteiger partial charge in [-0.25, -0.2) is 0 Å². The minimum atomic E-state index is -0.108. The number of rotatable bonds is 7. The van der Waals surface area contributed by atoms with Gasteiger partial charge in [-0.2, -0.15) is 0 Å². The summed E-state index contributed by atoms with van der Waals surface area (Å²) < 4.78 is 0. The number of halogens is 1. The molecule has 5 nitrogen and oxygen atoms in total. The lowest BCUT2D eigenvalue weighted by atomic mass is 10.1. The maximum absolute atomic E-state index is 12.3. The van der Waals surface area contributed by atoms with Gasteiger partial charge < -0.3 is 15.5 Å². The van der Waals surface area contributed by atoms with Gasteiger partial charge in [0.25, 0.3) is 11.8 Å². The van der Waals surface area contributed by atoms with Gasteiger partial charge in [0, 0.05) is 17.3 Å². The molecule has 3 N–H and O–H groups in total. The van der Waals surface area contributed by atoms with Crippen LogP contribution >= 0.6 is 11.6 Å². The first-order chi connectivity index (χ1) is 12.7. The highest BCUT2D eigenvalue weighted by atomic mass is 35.5. The van der Waals surface area contributed by atoms with Gasteiger partial charge in [0.2, 0.25) is 0 Å². The number of benzene rings is 2. The van der Waals surface area contributed by atoms with Crippen LogP contribution in [-0.4, -0.2) is 32.0 Å². The fraction of sp³-hybridized carbons (Fsp3) is 0.333. The monoisotopic (exact) mass is 388 g/mol. The SMILES string of the molecule is Cc1cc(C)c(NC(=O)C[NH+](C)CC(=O)NCc2cccc(Cl)c2)c(C)c1. The number of nitrogens with one attached hydrogen (secondary N) is 3. The fourth-order valence-corrected chi connectivity index (χ4v) is 3.29. The molecule has 0 heterocycles. The zero-order chi connectivity index (χ0) is 20.0. The lowest BCUT2D eigenvalue weighted by Gasteiger charge is -2.16. The van der Waals surface area contributed by atoms with E-state index in [4.69, 9.17) is 11.6 Å². The quantitative estimate of drug-likeness (QED) is 0.679. The highest BCUT2D eigenvalue weighted by Gasteiger charge is 2.15. The summed E-state index contributed by atoms with van der Waals surface area (Å²) in [5.74, 6) is -0.215. The number of quaternary nitrogens is 1. The number of carbonyl (C=O) groups excluding carboxylic acids is 2. The molecule has 1 atom stereocenters. The first-order valence-electron chi connectivity index (χ1n) is 8.94. The number of amides is 2. The molecule has 27 heavy (non-hydrogen) atoms. The Balaban J connectivity index is 1.81. The van der Waals surface area contributed by atoms with E-state index in [0.717, 1.165) is 27.3 Å². The second-order valence-electron chi connectivity index (χ2n) is 7.04. The van der Waals surface area contributed by atoms with Crippen molar-refractivity contribution in [1.29, 1.82) is 0 Å². The molecular formula is C21H27ClN3O2+. The molecule has 144 valence electrons. The highest BCUT2D eigenvalue weighted by Crippen LogP contribution is 2.21. The Kier molecular flexibility index (Phi) is 7.39. The minimum absolute atomic E-state index is 0.106. The van der Waals surface area contributed by atoms with E-state index in [1.54, 1.807) is 6.07 Å². The molecule has 0 radical (unpaired) electrons. The lowest BCUT2D eigenvalue weighted by molar-refractivity contribution is -0.862. The van der Waals surface area contributed by atoms with Crippen LogP contribution in [0, 0.1) is 20.8 Å². The van der Waals surface area contributed by atoms with Crippen molar-refractivity contribution in [2.45, 2.75) is 27.3 Å². The van der Waals surface area contributed by atoms with Gasteiger partial charge >= 0.3 is 0 Å². The first-order valence-corrected chi connectivity index (χ1v) is 9.32. The second kappa shape index (κ2) is 9.53. The first kappa shape index (κ1) is 20.9. The third-order valence-corrected chi connectivity index (χ3v) is 4.48. The van der Waals surface area contributed by atoms with Gasteiger partial charge in [-0.15, -0.1) is 0 Å². The summed E-state index contributed by atoms with van der Waals surface area (Å²) in [6.45, 7) is 6.86. The van der Waals surface area contributed by atoms with Crippen molar-refractivity contribution in [1.82, 2.24) is 5.32 Å². The topological polar surface area (TPSA) is 62.6 Å². The van der Waals surface area contributed by atoms with Crippen LogP contribution in [0.5, 0.6) is 0 Å². The second-order valence-corrected chi connectivity index (χ2v) is 7.48. The van der Waals surface area contributed by atoms with Gasteiger partial charge in [0.15, 0.2) is 13.1 Å². The Hall–Kier alpha value is -2.37. The summed E-state index contributed by atoms with van der Waals surface area (Å²) in [5.41, 5.74) is 5.04. The molecule has 2 amide bonds. The summed E-state index contributed by atoms with van der Waals surface area (Å²) >= 11 is 5.94. The molecule has 2 aromatic rings.